The molecule has 0 radical (unpaired) electrons. The summed E-state index contributed by atoms with van der Waals surface area (Å²) in [5.41, 5.74) is 1.14. The Hall–Kier alpha value is -3.59. The second-order valence-electron chi connectivity index (χ2n) is 11.8. The van der Waals surface area contributed by atoms with Crippen molar-refractivity contribution >= 4 is 21.7 Å². The molecule has 1 aromatic heterocycles. The molecule has 1 aliphatic heterocycles. The van der Waals surface area contributed by atoms with Crippen molar-refractivity contribution in [2.24, 2.45) is 12.5 Å². The number of anilines is 1. The Bertz CT molecular complexity index is 1490. The molecule has 0 spiro atoms. The predicted octanol–water partition coefficient (Wildman–Crippen LogP) is 6.28. The van der Waals surface area contributed by atoms with Gasteiger partial charge in [-0.3, -0.25) is 4.72 Å². The zero-order valence-electron chi connectivity index (χ0n) is 23.8. The fourth-order valence-corrected chi connectivity index (χ4v) is 6.62. The van der Waals surface area contributed by atoms with E-state index in [0.717, 1.165) is 18.4 Å². The fourth-order valence-electron chi connectivity index (χ4n) is 5.58. The maximum Gasteiger partial charge on any atom is 0.338 e. The van der Waals surface area contributed by atoms with Crippen molar-refractivity contribution in [2.75, 3.05) is 4.72 Å². The highest BCUT2D eigenvalue weighted by Gasteiger charge is 2.46. The van der Waals surface area contributed by atoms with Gasteiger partial charge in [0, 0.05) is 31.3 Å². The van der Waals surface area contributed by atoms with E-state index in [-0.39, 0.29) is 22.8 Å². The van der Waals surface area contributed by atoms with Gasteiger partial charge in [-0.2, -0.15) is 8.42 Å². The average Bonchev–Trinajstić information content (AvgIpc) is 3.32. The van der Waals surface area contributed by atoms with Crippen molar-refractivity contribution in [3.8, 4) is 0 Å². The van der Waals surface area contributed by atoms with Crippen molar-refractivity contribution in [2.45, 2.75) is 76.3 Å². The molecule has 0 fully saturated rings. The molecule has 3 aromatic rings. The summed E-state index contributed by atoms with van der Waals surface area (Å²) in [5, 5.41) is 11.4. The number of cyclic esters (lactones) is 1. The van der Waals surface area contributed by atoms with Gasteiger partial charge >= 0.3 is 5.97 Å². The molecule has 214 valence electrons. The molecule has 1 aliphatic rings. The van der Waals surface area contributed by atoms with Crippen LogP contribution in [0.1, 0.15) is 70.4 Å². The zero-order valence-corrected chi connectivity index (χ0v) is 24.7. The number of aliphatic hydroxyl groups is 1. The van der Waals surface area contributed by atoms with Gasteiger partial charge in [-0.05, 0) is 47.9 Å². The van der Waals surface area contributed by atoms with Crippen LogP contribution in [0.25, 0.3) is 0 Å². The van der Waals surface area contributed by atoms with Crippen molar-refractivity contribution in [3.63, 3.8) is 0 Å². The molecule has 2 atom stereocenters. The Morgan fingerprint density at radius 3 is 2.45 bits per heavy atom. The molecule has 4 rings (SSSR count). The molecule has 2 heterocycles. The Morgan fingerprint density at radius 1 is 1.12 bits per heavy atom. The van der Waals surface area contributed by atoms with Gasteiger partial charge in [0.05, 0.1) is 11.9 Å². The third-order valence-electron chi connectivity index (χ3n) is 7.33. The van der Waals surface area contributed by atoms with E-state index in [2.05, 4.69) is 21.8 Å². The van der Waals surface area contributed by atoms with Gasteiger partial charge in [0.25, 0.3) is 10.0 Å². The van der Waals surface area contributed by atoms with Crippen LogP contribution in [-0.2, 0) is 33.0 Å². The van der Waals surface area contributed by atoms with E-state index in [0.29, 0.717) is 24.1 Å². The summed E-state index contributed by atoms with van der Waals surface area (Å²) in [6.07, 6.45) is 5.89. The number of aryl methyl sites for hydroxylation is 2. The van der Waals surface area contributed by atoms with Crippen molar-refractivity contribution in [3.05, 3.63) is 89.6 Å². The van der Waals surface area contributed by atoms with Gasteiger partial charge in [-0.15, -0.1) is 0 Å². The Labute approximate surface area is 237 Å². The third-order valence-corrected chi connectivity index (χ3v) is 8.60. The molecule has 0 bridgehead atoms. The summed E-state index contributed by atoms with van der Waals surface area (Å²) in [7, 11) is -2.21. The van der Waals surface area contributed by atoms with E-state index in [1.165, 1.54) is 12.5 Å². The van der Waals surface area contributed by atoms with Gasteiger partial charge in [0.15, 0.2) is 5.03 Å². The summed E-state index contributed by atoms with van der Waals surface area (Å²) in [6, 6.07) is 17.0. The number of aliphatic hydroxyl groups excluding tert-OH is 1. The van der Waals surface area contributed by atoms with Crippen molar-refractivity contribution in [1.82, 2.24) is 9.55 Å². The molecule has 9 heteroatoms. The lowest BCUT2D eigenvalue weighted by Gasteiger charge is -2.41. The minimum atomic E-state index is -3.90. The highest BCUT2D eigenvalue weighted by atomic mass is 32.2. The van der Waals surface area contributed by atoms with Crippen LogP contribution >= 0.6 is 0 Å². The Morgan fingerprint density at radius 2 is 1.85 bits per heavy atom. The van der Waals surface area contributed by atoms with E-state index >= 15 is 0 Å². The number of imidazole rings is 1. The monoisotopic (exact) mass is 565 g/mol. The van der Waals surface area contributed by atoms with E-state index in [4.69, 9.17) is 4.74 Å². The fraction of sp³-hybridized carbons (Fsp3) is 0.419. The van der Waals surface area contributed by atoms with Crippen LogP contribution in [0, 0.1) is 5.41 Å². The van der Waals surface area contributed by atoms with Crippen molar-refractivity contribution in [1.29, 1.82) is 0 Å². The van der Waals surface area contributed by atoms with Crippen LogP contribution < -0.4 is 4.72 Å². The summed E-state index contributed by atoms with van der Waals surface area (Å²) in [4.78, 5) is 17.7. The number of carbonyl (C=O) groups is 1. The number of hydrogen-bond donors (Lipinski definition) is 2. The maximum absolute atomic E-state index is 13.7. The van der Waals surface area contributed by atoms with Gasteiger partial charge in [-0.25, -0.2) is 9.78 Å². The van der Waals surface area contributed by atoms with Crippen LogP contribution in [0.3, 0.4) is 0 Å². The van der Waals surface area contributed by atoms with Gasteiger partial charge in [0.2, 0.25) is 0 Å². The van der Waals surface area contributed by atoms with Crippen LogP contribution in [-0.4, -0.2) is 34.6 Å². The summed E-state index contributed by atoms with van der Waals surface area (Å²) in [5.74, 6) is -1.02. The molecule has 0 saturated heterocycles. The average molecular weight is 566 g/mol. The quantitative estimate of drug-likeness (QED) is 0.280. The normalized spacial score (nSPS) is 18.9. The second kappa shape index (κ2) is 11.5. The number of rotatable bonds is 10. The zero-order chi connectivity index (χ0) is 29.1. The second-order valence-corrected chi connectivity index (χ2v) is 13.4. The van der Waals surface area contributed by atoms with Gasteiger partial charge in [0.1, 0.15) is 11.4 Å². The number of carbonyl (C=O) groups excluding carboxylic acids is 1. The minimum absolute atomic E-state index is 0.0390. The molecule has 0 saturated carbocycles. The molecule has 40 heavy (non-hydrogen) atoms. The topological polar surface area (TPSA) is 111 Å². The summed E-state index contributed by atoms with van der Waals surface area (Å²) < 4.78 is 36.1. The molecular weight excluding hydrogens is 526 g/mol. The highest BCUT2D eigenvalue weighted by Crippen LogP contribution is 2.47. The van der Waals surface area contributed by atoms with E-state index < -0.39 is 32.9 Å². The van der Waals surface area contributed by atoms with Crippen molar-refractivity contribution < 1.29 is 23.1 Å². The number of aromatic nitrogens is 2. The number of ether oxygens (including phenoxy) is 1. The Kier molecular flexibility index (Phi) is 8.44. The number of esters is 1. The highest BCUT2D eigenvalue weighted by molar-refractivity contribution is 7.92. The first-order valence-electron chi connectivity index (χ1n) is 13.6. The largest absolute Gasteiger partial charge is 0.512 e. The first kappa shape index (κ1) is 29.4. The summed E-state index contributed by atoms with van der Waals surface area (Å²) in [6.45, 7) is 8.00. The number of nitrogens with zero attached hydrogens (tertiary/aromatic N) is 2. The molecule has 2 aromatic carbocycles. The number of nitrogens with one attached hydrogen (secondary N) is 1. The molecule has 2 N–H and O–H groups in total. The van der Waals surface area contributed by atoms with Crippen LogP contribution in [0.15, 0.2) is 83.5 Å². The minimum Gasteiger partial charge on any atom is -0.512 e. The van der Waals surface area contributed by atoms with E-state index in [1.807, 2.05) is 52.0 Å². The van der Waals surface area contributed by atoms with Crippen LogP contribution in [0.2, 0.25) is 0 Å². The van der Waals surface area contributed by atoms with Crippen LogP contribution in [0.4, 0.5) is 5.69 Å². The lowest BCUT2D eigenvalue weighted by atomic mass is 9.70. The molecule has 1 unspecified atom stereocenters. The first-order chi connectivity index (χ1) is 18.8. The number of benzene rings is 2. The maximum atomic E-state index is 13.7. The smallest absolute Gasteiger partial charge is 0.338 e. The van der Waals surface area contributed by atoms with Crippen LogP contribution in [0.5, 0.6) is 0 Å². The molecule has 0 amide bonds. The first-order valence-corrected chi connectivity index (χ1v) is 15.1. The summed E-state index contributed by atoms with van der Waals surface area (Å²) >= 11 is 0. The lowest BCUT2D eigenvalue weighted by Crippen LogP contribution is -2.43. The lowest BCUT2D eigenvalue weighted by molar-refractivity contribution is -0.161. The van der Waals surface area contributed by atoms with E-state index in [1.54, 1.807) is 29.8 Å². The Balaban J connectivity index is 1.66. The molecular formula is C31H39N3O5S. The number of sulfonamides is 1. The standard InChI is InChI=1S/C31H39N3O5S/c1-6-16-31(17-15-22-11-8-7-9-12-22)19-25(35)27(29(36)39-31)28(30(2,3)4)23-13-10-14-24(18-23)33-40(37,38)26-20-34(5)21-32-26/h7-14,18,20-21,28,33,35H,6,15-17,19H2,1-5H3/t28-,31?/m0/s1. The van der Waals surface area contributed by atoms with Gasteiger partial charge in [-0.1, -0.05) is 76.6 Å². The molecule has 0 aliphatic carbocycles. The number of hydrogen-bond acceptors (Lipinski definition) is 6. The predicted molar refractivity (Wildman–Crippen MR) is 155 cm³/mol. The third kappa shape index (κ3) is 6.58. The molecule has 8 nitrogen and oxygen atoms in total. The SMILES string of the molecule is CCCC1(CCc2ccccc2)CC(O)=C([C@H](c2cccc(NS(=O)(=O)c3cn(C)cn3)c2)C(C)(C)C)C(=O)O1. The van der Waals surface area contributed by atoms with Gasteiger partial charge < -0.3 is 14.4 Å². The van der Waals surface area contributed by atoms with E-state index in [9.17, 15) is 18.3 Å².